The highest BCUT2D eigenvalue weighted by atomic mass is 16.4. The van der Waals surface area contributed by atoms with Crippen molar-refractivity contribution in [2.75, 3.05) is 20.1 Å². The summed E-state index contributed by atoms with van der Waals surface area (Å²) < 4.78 is 0. The largest absolute Gasteiger partial charge is 0.481 e. The molecule has 2 unspecified atom stereocenters. The van der Waals surface area contributed by atoms with Gasteiger partial charge in [-0.25, -0.2) is 4.98 Å². The number of aromatic amines is 1. The predicted molar refractivity (Wildman–Crippen MR) is 63.9 cm³/mol. The summed E-state index contributed by atoms with van der Waals surface area (Å²) in [6, 6.07) is 0. The molecule has 17 heavy (non-hydrogen) atoms. The van der Waals surface area contributed by atoms with Crippen LogP contribution in [0, 0.1) is 5.92 Å². The number of likely N-dealkylation sites (tertiary alicyclic amines) is 1. The first-order chi connectivity index (χ1) is 8.06. The van der Waals surface area contributed by atoms with Crippen LogP contribution in [0.5, 0.6) is 0 Å². The minimum absolute atomic E-state index is 0.389. The third-order valence-electron chi connectivity index (χ3n) is 3.40. The van der Waals surface area contributed by atoms with Crippen LogP contribution in [0.25, 0.3) is 0 Å². The molecule has 5 heteroatoms. The van der Waals surface area contributed by atoms with Crippen molar-refractivity contribution >= 4 is 5.97 Å². The minimum atomic E-state index is -0.774. The summed E-state index contributed by atoms with van der Waals surface area (Å²) in [5.74, 6) is 0.134. The second kappa shape index (κ2) is 4.87. The number of imidazole rings is 1. The minimum Gasteiger partial charge on any atom is -0.481 e. The van der Waals surface area contributed by atoms with Gasteiger partial charge in [0.1, 0.15) is 5.82 Å². The van der Waals surface area contributed by atoms with Crippen LogP contribution in [0.2, 0.25) is 0 Å². The van der Waals surface area contributed by atoms with E-state index in [-0.39, 0.29) is 5.92 Å². The Morgan fingerprint density at radius 2 is 2.53 bits per heavy atom. The number of likely N-dealkylation sites (N-methyl/N-ethyl adjacent to an activating group) is 1. The van der Waals surface area contributed by atoms with E-state index in [2.05, 4.69) is 21.9 Å². The normalized spacial score (nSPS) is 22.8. The van der Waals surface area contributed by atoms with Crippen LogP contribution in [0.4, 0.5) is 0 Å². The highest BCUT2D eigenvalue weighted by Gasteiger charge is 2.23. The number of carboxylic acid groups (broad SMARTS) is 1. The van der Waals surface area contributed by atoms with Gasteiger partial charge >= 0.3 is 5.97 Å². The first-order valence-corrected chi connectivity index (χ1v) is 6.01. The van der Waals surface area contributed by atoms with Crippen molar-refractivity contribution in [1.82, 2.24) is 14.9 Å². The van der Waals surface area contributed by atoms with E-state index < -0.39 is 5.97 Å². The molecule has 0 aliphatic carbocycles. The Bertz CT molecular complexity index is 402. The second-order valence-corrected chi connectivity index (χ2v) is 4.98. The molecule has 0 radical (unpaired) electrons. The van der Waals surface area contributed by atoms with Gasteiger partial charge < -0.3 is 15.0 Å². The third kappa shape index (κ3) is 2.85. The molecular weight excluding hydrogens is 218 g/mol. The number of nitrogens with zero attached hydrogens (tertiary/aromatic N) is 2. The Morgan fingerprint density at radius 1 is 1.76 bits per heavy atom. The lowest BCUT2D eigenvalue weighted by Gasteiger charge is -2.08. The van der Waals surface area contributed by atoms with E-state index in [1.807, 2.05) is 6.20 Å². The fraction of sp³-hybridized carbons (Fsp3) is 0.667. The molecule has 0 spiro atoms. The second-order valence-electron chi connectivity index (χ2n) is 4.98. The van der Waals surface area contributed by atoms with Crippen LogP contribution < -0.4 is 0 Å². The van der Waals surface area contributed by atoms with Crippen molar-refractivity contribution in [1.29, 1.82) is 0 Å². The monoisotopic (exact) mass is 237 g/mol. The molecule has 2 atom stereocenters. The van der Waals surface area contributed by atoms with Crippen LogP contribution in [-0.2, 0) is 11.2 Å². The van der Waals surface area contributed by atoms with E-state index in [1.165, 1.54) is 0 Å². The molecule has 0 saturated carbocycles. The van der Waals surface area contributed by atoms with E-state index in [4.69, 9.17) is 5.11 Å². The number of aliphatic carboxylic acids is 1. The summed E-state index contributed by atoms with van der Waals surface area (Å²) >= 11 is 0. The van der Waals surface area contributed by atoms with E-state index in [0.29, 0.717) is 12.3 Å². The maximum atomic E-state index is 10.8. The van der Waals surface area contributed by atoms with Gasteiger partial charge in [0.2, 0.25) is 0 Å². The van der Waals surface area contributed by atoms with Crippen molar-refractivity contribution in [2.24, 2.45) is 5.92 Å². The number of rotatable bonds is 4. The summed E-state index contributed by atoms with van der Waals surface area (Å²) in [7, 11) is 2.11. The third-order valence-corrected chi connectivity index (χ3v) is 3.40. The molecule has 0 aromatic carbocycles. The lowest BCUT2D eigenvalue weighted by molar-refractivity contribution is -0.141. The summed E-state index contributed by atoms with van der Waals surface area (Å²) in [6.07, 6.45) is 3.47. The topological polar surface area (TPSA) is 69.2 Å². The fourth-order valence-electron chi connectivity index (χ4n) is 2.26. The lowest BCUT2D eigenvalue weighted by atomic mass is 10.1. The molecular formula is C12H19N3O2. The van der Waals surface area contributed by atoms with Gasteiger partial charge in [-0.2, -0.15) is 0 Å². The Labute approximate surface area is 101 Å². The number of carbonyl (C=O) groups is 1. The van der Waals surface area contributed by atoms with Crippen molar-refractivity contribution in [3.8, 4) is 0 Å². The van der Waals surface area contributed by atoms with Crippen molar-refractivity contribution in [2.45, 2.75) is 25.7 Å². The highest BCUT2D eigenvalue weighted by molar-refractivity contribution is 5.69. The van der Waals surface area contributed by atoms with Gasteiger partial charge in [0.25, 0.3) is 0 Å². The Morgan fingerprint density at radius 3 is 3.12 bits per heavy atom. The number of H-pyrrole nitrogens is 1. The molecule has 94 valence electrons. The average molecular weight is 237 g/mol. The predicted octanol–water partition coefficient (Wildman–Crippen LogP) is 1.09. The quantitative estimate of drug-likeness (QED) is 0.822. The van der Waals surface area contributed by atoms with Gasteiger partial charge in [0.05, 0.1) is 5.92 Å². The van der Waals surface area contributed by atoms with Gasteiger partial charge in [-0.3, -0.25) is 4.79 Å². The molecule has 1 aromatic heterocycles. The Hall–Kier alpha value is -1.36. The summed E-state index contributed by atoms with van der Waals surface area (Å²) in [4.78, 5) is 20.6. The SMILES string of the molecule is CC(Cc1ncc(C2CCN(C)C2)[nH]1)C(=O)O. The first-order valence-electron chi connectivity index (χ1n) is 6.01. The molecule has 2 heterocycles. The molecule has 2 rings (SSSR count). The van der Waals surface area contributed by atoms with Gasteiger partial charge in [-0.05, 0) is 20.0 Å². The number of hydrogen-bond donors (Lipinski definition) is 2. The molecule has 0 bridgehead atoms. The van der Waals surface area contributed by atoms with Gasteiger partial charge in [0, 0.05) is 30.8 Å². The lowest BCUT2D eigenvalue weighted by Crippen LogP contribution is -2.14. The standard InChI is InChI=1S/C12H19N3O2/c1-8(12(16)17)5-11-13-6-10(14-11)9-3-4-15(2)7-9/h6,8-9H,3-5,7H2,1-2H3,(H,13,14)(H,16,17). The molecule has 1 saturated heterocycles. The highest BCUT2D eigenvalue weighted by Crippen LogP contribution is 2.24. The van der Waals surface area contributed by atoms with Crippen molar-refractivity contribution < 1.29 is 9.90 Å². The summed E-state index contributed by atoms with van der Waals surface area (Å²) in [5.41, 5.74) is 1.14. The molecule has 1 aliphatic heterocycles. The Balaban J connectivity index is 1.98. The zero-order valence-corrected chi connectivity index (χ0v) is 10.3. The van der Waals surface area contributed by atoms with Crippen molar-refractivity contribution in [3.05, 3.63) is 17.7 Å². The van der Waals surface area contributed by atoms with E-state index in [9.17, 15) is 4.79 Å². The van der Waals surface area contributed by atoms with Crippen LogP contribution in [0.3, 0.4) is 0 Å². The number of carboxylic acids is 1. The zero-order chi connectivity index (χ0) is 12.4. The molecule has 2 N–H and O–H groups in total. The molecule has 1 aliphatic rings. The number of aromatic nitrogens is 2. The first kappa shape index (κ1) is 12.1. The van der Waals surface area contributed by atoms with Gasteiger partial charge in [0.15, 0.2) is 0 Å². The van der Waals surface area contributed by atoms with E-state index >= 15 is 0 Å². The molecule has 0 amide bonds. The van der Waals surface area contributed by atoms with Gasteiger partial charge in [-0.15, -0.1) is 0 Å². The van der Waals surface area contributed by atoms with Crippen LogP contribution >= 0.6 is 0 Å². The fourth-order valence-corrected chi connectivity index (χ4v) is 2.26. The number of nitrogens with one attached hydrogen (secondary N) is 1. The maximum absolute atomic E-state index is 10.8. The maximum Gasteiger partial charge on any atom is 0.306 e. The van der Waals surface area contributed by atoms with Crippen LogP contribution in [0.15, 0.2) is 6.20 Å². The summed E-state index contributed by atoms with van der Waals surface area (Å²) in [5, 5.41) is 8.85. The summed E-state index contributed by atoms with van der Waals surface area (Å²) in [6.45, 7) is 3.87. The average Bonchev–Trinajstić information content (AvgIpc) is 2.86. The van der Waals surface area contributed by atoms with Crippen LogP contribution in [0.1, 0.15) is 30.8 Å². The molecule has 1 fully saturated rings. The smallest absolute Gasteiger partial charge is 0.306 e. The van der Waals surface area contributed by atoms with E-state index in [1.54, 1.807) is 6.92 Å². The van der Waals surface area contributed by atoms with Gasteiger partial charge in [-0.1, -0.05) is 6.92 Å². The number of hydrogen-bond acceptors (Lipinski definition) is 3. The van der Waals surface area contributed by atoms with E-state index in [0.717, 1.165) is 31.0 Å². The molecule has 1 aromatic rings. The Kier molecular flexibility index (Phi) is 3.47. The van der Waals surface area contributed by atoms with Crippen molar-refractivity contribution in [3.63, 3.8) is 0 Å². The molecule has 5 nitrogen and oxygen atoms in total. The van der Waals surface area contributed by atoms with Crippen LogP contribution in [-0.4, -0.2) is 46.1 Å². The zero-order valence-electron chi connectivity index (χ0n) is 10.3.